The minimum absolute atomic E-state index is 0. The molecule has 2 aromatic heterocycles. The Hall–Kier alpha value is 0.160. The number of carbonyl (C=O) groups excluding carboxylic acids is 1. The second-order valence-electron chi connectivity index (χ2n) is 5.07. The van der Waals surface area contributed by atoms with E-state index in [0.717, 1.165) is 27.3 Å². The zero-order chi connectivity index (χ0) is 18.4. The maximum absolute atomic E-state index is 12.7. The van der Waals surface area contributed by atoms with Gasteiger partial charge in [0.25, 0.3) is 0 Å². The third-order valence-corrected chi connectivity index (χ3v) is 5.04. The van der Waals surface area contributed by atoms with E-state index >= 15 is 0 Å². The summed E-state index contributed by atoms with van der Waals surface area (Å²) in [6.45, 7) is 0. The van der Waals surface area contributed by atoms with Gasteiger partial charge in [0.15, 0.2) is 5.01 Å². The molecule has 0 radical (unpaired) electrons. The predicted molar refractivity (Wildman–Crippen MR) is 82.8 cm³/mol. The largest absolute Gasteiger partial charge is 1.00 e. The molecular formula is C14H9F3N3Na2O3PS. The topological polar surface area (TPSA) is 107 Å². The second kappa shape index (κ2) is 9.77. The molecule has 0 fully saturated rings. The zero-order valence-electron chi connectivity index (χ0n) is 14.2. The Labute approximate surface area is 201 Å². The van der Waals surface area contributed by atoms with Gasteiger partial charge in [0.2, 0.25) is 5.78 Å². The average Bonchev–Trinajstić information content (AvgIpc) is 3.17. The van der Waals surface area contributed by atoms with Crippen molar-refractivity contribution >= 4 is 36.5 Å². The second-order valence-corrected chi connectivity index (χ2v) is 6.83. The summed E-state index contributed by atoms with van der Waals surface area (Å²) in [5.74, 6) is -0.669. The molecule has 3 aromatic rings. The summed E-state index contributed by atoms with van der Waals surface area (Å²) in [6, 6.07) is 4.00. The molecular weight excluding hydrogens is 424 g/mol. The van der Waals surface area contributed by atoms with Crippen LogP contribution in [-0.4, -0.2) is 21.3 Å². The van der Waals surface area contributed by atoms with Crippen molar-refractivity contribution in [3.8, 4) is 0 Å². The third-order valence-electron chi connectivity index (χ3n) is 3.50. The van der Waals surface area contributed by atoms with E-state index in [-0.39, 0.29) is 69.7 Å². The number of ketones is 1. The number of nitrogens with zero attached hydrogens (tertiary/aromatic N) is 2. The Morgan fingerprint density at radius 3 is 2.48 bits per heavy atom. The van der Waals surface area contributed by atoms with Crippen LogP contribution < -0.4 is 74.6 Å². The number of hydrogen-bond acceptors (Lipinski definition) is 6. The molecule has 1 aromatic carbocycles. The fourth-order valence-electron chi connectivity index (χ4n) is 2.29. The van der Waals surface area contributed by atoms with Crippen molar-refractivity contribution in [3.05, 3.63) is 52.1 Å². The van der Waals surface area contributed by atoms with Gasteiger partial charge in [-0.1, -0.05) is 18.2 Å². The number of rotatable bonds is 4. The van der Waals surface area contributed by atoms with Gasteiger partial charge in [0, 0.05) is 22.5 Å². The van der Waals surface area contributed by atoms with E-state index in [1.165, 1.54) is 6.07 Å². The quantitative estimate of drug-likeness (QED) is 0.255. The number of fused-ring (bicyclic) bond motifs is 1. The van der Waals surface area contributed by atoms with E-state index in [1.807, 2.05) is 0 Å². The molecule has 2 N–H and O–H groups in total. The SMILES string of the molecule is NC(c1csc(C(=O)c2cn(P([O-])[O-])c3ccccc23)n1)C(F)(F)F.[Na+].[Na+]. The number of thiazole rings is 1. The summed E-state index contributed by atoms with van der Waals surface area (Å²) in [7, 11) is -3.01. The third kappa shape index (κ3) is 5.21. The summed E-state index contributed by atoms with van der Waals surface area (Å²) in [4.78, 5) is 38.9. The van der Waals surface area contributed by atoms with E-state index in [2.05, 4.69) is 4.98 Å². The van der Waals surface area contributed by atoms with Gasteiger partial charge in [-0.3, -0.25) is 4.79 Å². The first-order valence-electron chi connectivity index (χ1n) is 6.77. The Kier molecular flexibility index (Phi) is 9.12. The van der Waals surface area contributed by atoms with Crippen LogP contribution in [0.15, 0.2) is 35.8 Å². The Morgan fingerprint density at radius 1 is 1.26 bits per heavy atom. The van der Waals surface area contributed by atoms with Crippen molar-refractivity contribution in [2.45, 2.75) is 12.2 Å². The molecule has 27 heavy (non-hydrogen) atoms. The van der Waals surface area contributed by atoms with Crippen molar-refractivity contribution in [2.24, 2.45) is 5.73 Å². The number of para-hydroxylation sites is 1. The molecule has 132 valence electrons. The zero-order valence-corrected chi connectivity index (χ0v) is 19.9. The standard InChI is InChI=1S/C14H9F3N3O3PS.2Na/c15-14(16,17)12(18)9-6-25-13(19-9)11(21)8-5-20(24(22)23)10-4-2-1-3-7(8)10;;/h1-6,12H,18H2;;/q-2;2*+1. The Balaban J connectivity index is 0.00000182. The van der Waals surface area contributed by atoms with E-state index in [1.54, 1.807) is 18.2 Å². The van der Waals surface area contributed by atoms with Gasteiger partial charge in [-0.2, -0.15) is 21.7 Å². The van der Waals surface area contributed by atoms with Gasteiger partial charge in [-0.05, 0) is 6.07 Å². The number of alkyl halides is 3. The van der Waals surface area contributed by atoms with Crippen molar-refractivity contribution in [1.82, 2.24) is 9.32 Å². The first-order chi connectivity index (χ1) is 11.7. The van der Waals surface area contributed by atoms with Crippen LogP contribution in [0.2, 0.25) is 0 Å². The minimum Gasteiger partial charge on any atom is -0.825 e. The fraction of sp³-hybridized carbons (Fsp3) is 0.143. The maximum Gasteiger partial charge on any atom is 1.00 e. The molecule has 0 amide bonds. The first-order valence-corrected chi connectivity index (χ1v) is 8.78. The van der Waals surface area contributed by atoms with Crippen LogP contribution in [-0.2, 0) is 0 Å². The molecule has 1 atom stereocenters. The summed E-state index contributed by atoms with van der Waals surface area (Å²) < 4.78 is 38.9. The molecule has 0 saturated carbocycles. The van der Waals surface area contributed by atoms with Crippen LogP contribution in [0.5, 0.6) is 0 Å². The van der Waals surface area contributed by atoms with Crippen molar-refractivity contribution in [3.63, 3.8) is 0 Å². The Bertz CT molecular complexity index is 948. The molecule has 1 unspecified atom stereocenters. The van der Waals surface area contributed by atoms with Crippen LogP contribution in [0.3, 0.4) is 0 Å². The number of hydrogen-bond donors (Lipinski definition) is 1. The smallest absolute Gasteiger partial charge is 0.825 e. The molecule has 2 heterocycles. The van der Waals surface area contributed by atoms with Crippen molar-refractivity contribution < 1.29 is 86.9 Å². The van der Waals surface area contributed by atoms with Crippen LogP contribution in [0, 0.1) is 0 Å². The number of nitrogens with two attached hydrogens (primary N) is 1. The van der Waals surface area contributed by atoms with Crippen molar-refractivity contribution in [2.75, 3.05) is 0 Å². The van der Waals surface area contributed by atoms with Crippen LogP contribution in [0.25, 0.3) is 10.9 Å². The monoisotopic (exact) mass is 433 g/mol. The number of aromatic nitrogens is 2. The van der Waals surface area contributed by atoms with E-state index in [9.17, 15) is 27.8 Å². The van der Waals surface area contributed by atoms with Crippen LogP contribution in [0.1, 0.15) is 27.1 Å². The van der Waals surface area contributed by atoms with Gasteiger partial charge in [-0.25, -0.2) is 4.98 Å². The van der Waals surface area contributed by atoms with Crippen molar-refractivity contribution in [1.29, 1.82) is 0 Å². The molecule has 0 spiro atoms. The summed E-state index contributed by atoms with van der Waals surface area (Å²) >= 11 is 0.722. The summed E-state index contributed by atoms with van der Waals surface area (Å²) in [5.41, 5.74) is 4.96. The first kappa shape index (κ1) is 25.2. The number of halogens is 3. The maximum atomic E-state index is 12.7. The number of carbonyl (C=O) groups is 1. The molecule has 0 aliphatic carbocycles. The van der Waals surface area contributed by atoms with Gasteiger partial charge < -0.3 is 19.9 Å². The molecule has 0 aliphatic rings. The van der Waals surface area contributed by atoms with Gasteiger partial charge in [0.05, 0.1) is 11.3 Å². The molecule has 0 saturated heterocycles. The summed E-state index contributed by atoms with van der Waals surface area (Å²) in [5, 5.41) is 1.24. The van der Waals surface area contributed by atoms with E-state index in [0.29, 0.717) is 10.9 Å². The van der Waals surface area contributed by atoms with E-state index in [4.69, 9.17) is 5.73 Å². The average molecular weight is 433 g/mol. The van der Waals surface area contributed by atoms with Crippen LogP contribution in [0.4, 0.5) is 13.2 Å². The van der Waals surface area contributed by atoms with Crippen LogP contribution >= 0.6 is 19.9 Å². The van der Waals surface area contributed by atoms with Gasteiger partial charge >= 0.3 is 65.3 Å². The normalized spacial score (nSPS) is 12.6. The van der Waals surface area contributed by atoms with E-state index < -0.39 is 32.2 Å². The molecule has 6 nitrogen and oxygen atoms in total. The Morgan fingerprint density at radius 2 is 1.89 bits per heavy atom. The predicted octanol–water partition coefficient (Wildman–Crippen LogP) is -4.31. The minimum atomic E-state index is -4.68. The fourth-order valence-corrected chi connectivity index (χ4v) is 3.66. The summed E-state index contributed by atoms with van der Waals surface area (Å²) in [6.07, 6.45) is -3.55. The number of benzene rings is 1. The molecule has 0 bridgehead atoms. The molecule has 0 aliphatic heterocycles. The molecule has 13 heteroatoms. The van der Waals surface area contributed by atoms with Gasteiger partial charge in [-0.15, -0.1) is 11.3 Å². The van der Waals surface area contributed by atoms with Gasteiger partial charge in [0.1, 0.15) is 6.04 Å². The molecule has 3 rings (SSSR count).